The number of nitrogens with one attached hydrogen (secondary N) is 1. The first-order valence-electron chi connectivity index (χ1n) is 7.94. The average molecular weight is 288 g/mol. The van der Waals surface area contributed by atoms with Gasteiger partial charge in [-0.1, -0.05) is 12.1 Å². The monoisotopic (exact) mass is 288 g/mol. The van der Waals surface area contributed by atoms with Crippen LogP contribution in [0.5, 0.6) is 0 Å². The Kier molecular flexibility index (Phi) is 5.62. The molecule has 1 heterocycles. The van der Waals surface area contributed by atoms with Crippen LogP contribution in [0.15, 0.2) is 18.2 Å². The fourth-order valence-electron chi connectivity index (χ4n) is 2.94. The van der Waals surface area contributed by atoms with E-state index in [0.717, 1.165) is 52.0 Å². The molecule has 0 spiro atoms. The standard InChI is InChI=1S/C17H28N4/c1-14-6-5-7-16(15(14)2)21-12-10-20(11-13-21)9-4-3-8-17(18)19/h5-7H,3-4,8-13H2,1-2H3,(H3,18,19). The first kappa shape index (κ1) is 15.8. The number of unbranched alkanes of at least 4 members (excludes halogenated alkanes) is 1. The van der Waals surface area contributed by atoms with Gasteiger partial charge in [0.2, 0.25) is 0 Å². The minimum atomic E-state index is 0.315. The lowest BCUT2D eigenvalue weighted by Gasteiger charge is -2.37. The number of nitrogens with zero attached hydrogens (tertiary/aromatic N) is 2. The van der Waals surface area contributed by atoms with Crippen LogP contribution in [0.25, 0.3) is 0 Å². The Hall–Kier alpha value is -1.55. The van der Waals surface area contributed by atoms with Gasteiger partial charge in [0.15, 0.2) is 0 Å². The Labute approximate surface area is 128 Å². The molecule has 0 atom stereocenters. The Balaban J connectivity index is 1.78. The van der Waals surface area contributed by atoms with E-state index in [0.29, 0.717) is 5.84 Å². The molecule has 0 bridgehead atoms. The fourth-order valence-corrected chi connectivity index (χ4v) is 2.94. The number of benzene rings is 1. The van der Waals surface area contributed by atoms with Gasteiger partial charge in [-0.15, -0.1) is 0 Å². The number of anilines is 1. The molecule has 1 aliphatic heterocycles. The molecule has 1 aromatic rings. The Morgan fingerprint density at radius 2 is 1.86 bits per heavy atom. The van der Waals surface area contributed by atoms with Crippen molar-refractivity contribution >= 4 is 11.5 Å². The van der Waals surface area contributed by atoms with Gasteiger partial charge in [0, 0.05) is 38.3 Å². The normalized spacial score (nSPS) is 16.2. The van der Waals surface area contributed by atoms with Gasteiger partial charge >= 0.3 is 0 Å². The molecule has 4 nitrogen and oxygen atoms in total. The van der Waals surface area contributed by atoms with Gasteiger partial charge in [-0.25, -0.2) is 0 Å². The highest BCUT2D eigenvalue weighted by Crippen LogP contribution is 2.23. The number of hydrogen-bond donors (Lipinski definition) is 2. The molecule has 2 rings (SSSR count). The second-order valence-electron chi connectivity index (χ2n) is 6.03. The van der Waals surface area contributed by atoms with Gasteiger partial charge in [0.1, 0.15) is 0 Å². The van der Waals surface area contributed by atoms with Gasteiger partial charge in [-0.3, -0.25) is 10.3 Å². The molecular weight excluding hydrogens is 260 g/mol. The molecule has 21 heavy (non-hydrogen) atoms. The minimum Gasteiger partial charge on any atom is -0.388 e. The lowest BCUT2D eigenvalue weighted by atomic mass is 10.1. The summed E-state index contributed by atoms with van der Waals surface area (Å²) in [5.41, 5.74) is 9.56. The Morgan fingerprint density at radius 1 is 1.14 bits per heavy atom. The van der Waals surface area contributed by atoms with Crippen molar-refractivity contribution in [3.8, 4) is 0 Å². The Morgan fingerprint density at radius 3 is 2.52 bits per heavy atom. The highest BCUT2D eigenvalue weighted by Gasteiger charge is 2.18. The van der Waals surface area contributed by atoms with Crippen molar-refractivity contribution in [2.24, 2.45) is 5.73 Å². The van der Waals surface area contributed by atoms with Crippen LogP contribution in [0.3, 0.4) is 0 Å². The van der Waals surface area contributed by atoms with E-state index in [9.17, 15) is 0 Å². The van der Waals surface area contributed by atoms with Gasteiger partial charge in [-0.05, 0) is 50.4 Å². The highest BCUT2D eigenvalue weighted by atomic mass is 15.3. The van der Waals surface area contributed by atoms with E-state index < -0.39 is 0 Å². The van der Waals surface area contributed by atoms with E-state index in [1.54, 1.807) is 0 Å². The maximum atomic E-state index is 7.23. The summed E-state index contributed by atoms with van der Waals surface area (Å²) in [6.07, 6.45) is 2.91. The first-order chi connectivity index (χ1) is 10.1. The van der Waals surface area contributed by atoms with E-state index in [1.807, 2.05) is 0 Å². The van der Waals surface area contributed by atoms with E-state index in [1.165, 1.54) is 16.8 Å². The molecule has 0 amide bonds. The fraction of sp³-hybridized carbons (Fsp3) is 0.588. The summed E-state index contributed by atoms with van der Waals surface area (Å²) in [6, 6.07) is 6.58. The number of hydrogen-bond acceptors (Lipinski definition) is 3. The van der Waals surface area contributed by atoms with E-state index in [-0.39, 0.29) is 0 Å². The lowest BCUT2D eigenvalue weighted by molar-refractivity contribution is 0.253. The van der Waals surface area contributed by atoms with Crippen molar-refractivity contribution in [1.29, 1.82) is 5.41 Å². The molecule has 3 N–H and O–H groups in total. The minimum absolute atomic E-state index is 0.315. The molecule has 0 saturated carbocycles. The molecule has 0 aromatic heterocycles. The molecule has 0 radical (unpaired) electrons. The predicted octanol–water partition coefficient (Wildman–Crippen LogP) is 2.53. The summed E-state index contributed by atoms with van der Waals surface area (Å²) >= 11 is 0. The van der Waals surface area contributed by atoms with Crippen molar-refractivity contribution in [1.82, 2.24) is 4.90 Å². The van der Waals surface area contributed by atoms with E-state index in [4.69, 9.17) is 11.1 Å². The number of piperazine rings is 1. The average Bonchev–Trinajstić information content (AvgIpc) is 2.47. The van der Waals surface area contributed by atoms with Crippen LogP contribution in [0, 0.1) is 19.3 Å². The largest absolute Gasteiger partial charge is 0.388 e. The van der Waals surface area contributed by atoms with Gasteiger partial charge in [0.05, 0.1) is 5.84 Å². The zero-order valence-corrected chi connectivity index (χ0v) is 13.4. The lowest BCUT2D eigenvalue weighted by Crippen LogP contribution is -2.46. The van der Waals surface area contributed by atoms with Crippen molar-refractivity contribution in [2.75, 3.05) is 37.6 Å². The molecule has 116 valence electrons. The maximum absolute atomic E-state index is 7.23. The van der Waals surface area contributed by atoms with Crippen LogP contribution in [0.1, 0.15) is 30.4 Å². The van der Waals surface area contributed by atoms with Gasteiger partial charge in [-0.2, -0.15) is 0 Å². The summed E-state index contributed by atoms with van der Waals surface area (Å²) in [6.45, 7) is 10.0. The SMILES string of the molecule is Cc1cccc(N2CCN(CCCCC(=N)N)CC2)c1C. The summed E-state index contributed by atoms with van der Waals surface area (Å²) < 4.78 is 0. The smallest absolute Gasteiger partial charge is 0.0905 e. The molecular formula is C17H28N4. The van der Waals surface area contributed by atoms with Crippen LogP contribution in [0.4, 0.5) is 5.69 Å². The molecule has 1 saturated heterocycles. The predicted molar refractivity (Wildman–Crippen MR) is 90.3 cm³/mol. The van der Waals surface area contributed by atoms with Crippen molar-refractivity contribution in [2.45, 2.75) is 33.1 Å². The summed E-state index contributed by atoms with van der Waals surface area (Å²) in [4.78, 5) is 5.04. The molecule has 0 aliphatic carbocycles. The Bertz CT molecular complexity index is 476. The van der Waals surface area contributed by atoms with Crippen molar-refractivity contribution < 1.29 is 0 Å². The van der Waals surface area contributed by atoms with Crippen molar-refractivity contribution in [3.63, 3.8) is 0 Å². The molecule has 1 aliphatic rings. The molecule has 1 aromatic carbocycles. The molecule has 1 fully saturated rings. The third kappa shape index (κ3) is 4.46. The quantitative estimate of drug-likeness (QED) is 0.480. The maximum Gasteiger partial charge on any atom is 0.0905 e. The zero-order chi connectivity index (χ0) is 15.2. The van der Waals surface area contributed by atoms with E-state index in [2.05, 4.69) is 41.8 Å². The summed E-state index contributed by atoms with van der Waals surface area (Å²) in [5, 5.41) is 7.23. The number of nitrogens with two attached hydrogens (primary N) is 1. The second kappa shape index (κ2) is 7.46. The molecule has 0 unspecified atom stereocenters. The van der Waals surface area contributed by atoms with E-state index >= 15 is 0 Å². The van der Waals surface area contributed by atoms with Crippen LogP contribution in [0.2, 0.25) is 0 Å². The van der Waals surface area contributed by atoms with Crippen molar-refractivity contribution in [3.05, 3.63) is 29.3 Å². The third-order valence-electron chi connectivity index (χ3n) is 4.46. The summed E-state index contributed by atoms with van der Waals surface area (Å²) in [7, 11) is 0. The van der Waals surface area contributed by atoms with Crippen LogP contribution in [-0.4, -0.2) is 43.5 Å². The van der Waals surface area contributed by atoms with Gasteiger partial charge < -0.3 is 10.6 Å². The van der Waals surface area contributed by atoms with Crippen LogP contribution >= 0.6 is 0 Å². The first-order valence-corrected chi connectivity index (χ1v) is 7.94. The zero-order valence-electron chi connectivity index (χ0n) is 13.4. The third-order valence-corrected chi connectivity index (χ3v) is 4.46. The number of amidine groups is 1. The summed E-state index contributed by atoms with van der Waals surface area (Å²) in [5.74, 6) is 0.315. The highest BCUT2D eigenvalue weighted by molar-refractivity contribution is 5.76. The van der Waals surface area contributed by atoms with Crippen LogP contribution in [-0.2, 0) is 0 Å². The number of aryl methyl sites for hydroxylation is 1. The van der Waals surface area contributed by atoms with Crippen LogP contribution < -0.4 is 10.6 Å². The van der Waals surface area contributed by atoms with Gasteiger partial charge in [0.25, 0.3) is 0 Å². The topological polar surface area (TPSA) is 56.4 Å². The molecule has 4 heteroatoms. The second-order valence-corrected chi connectivity index (χ2v) is 6.03. The number of rotatable bonds is 6.